The molecule has 0 aliphatic carbocycles. The first-order valence-electron chi connectivity index (χ1n) is 1.84. The molecule has 7 heavy (non-hydrogen) atoms. The number of aromatic amines is 1. The van der Waals surface area contributed by atoms with Gasteiger partial charge in [-0.15, -0.1) is 0 Å². The summed E-state index contributed by atoms with van der Waals surface area (Å²) in [6.45, 7) is 1.97. The van der Waals surface area contributed by atoms with E-state index in [-0.39, 0.29) is 7.43 Å². The quantitative estimate of drug-likeness (QED) is 0.521. The Morgan fingerprint density at radius 1 is 1.71 bits per heavy atom. The van der Waals surface area contributed by atoms with E-state index in [0.29, 0.717) is 0 Å². The third kappa shape index (κ3) is 1.39. The largest absolute Gasteiger partial charge is 0.349 e. The zero-order valence-corrected chi connectivity index (χ0v) is 3.60. The van der Waals surface area contributed by atoms with Crippen LogP contribution in [0, 0.1) is 6.92 Å². The monoisotopic (exact) mass is 98.1 g/mol. The minimum Gasteiger partial charge on any atom is -0.349 e. The van der Waals surface area contributed by atoms with Gasteiger partial charge >= 0.3 is 0 Å². The summed E-state index contributed by atoms with van der Waals surface area (Å²) in [6, 6.07) is 0. The maximum Gasteiger partial charge on any atom is 0.0921 e. The Bertz CT molecular complexity index is 110. The normalized spacial score (nSPS) is 7.57. The second-order valence-electron chi connectivity index (χ2n) is 1.23. The van der Waals surface area contributed by atoms with E-state index in [2.05, 4.69) is 9.97 Å². The fourth-order valence-corrected chi connectivity index (χ4v) is 0.325. The van der Waals surface area contributed by atoms with Crippen LogP contribution in [0.4, 0.5) is 0 Å². The lowest BCUT2D eigenvalue weighted by atomic mass is 10.6. The zero-order valence-electron chi connectivity index (χ0n) is 3.60. The molecule has 0 aliphatic heterocycles. The molecule has 1 heterocycles. The highest BCUT2D eigenvalue weighted by molar-refractivity contribution is 4.87. The van der Waals surface area contributed by atoms with Crippen molar-refractivity contribution in [2.45, 2.75) is 14.4 Å². The van der Waals surface area contributed by atoms with Crippen molar-refractivity contribution in [1.82, 2.24) is 9.97 Å². The molecule has 40 valence electrons. The van der Waals surface area contributed by atoms with E-state index in [1.54, 1.807) is 12.5 Å². The maximum absolute atomic E-state index is 3.77. The molecule has 1 N–H and O–H groups in total. The highest BCUT2D eigenvalue weighted by Crippen LogP contribution is 1.81. The summed E-state index contributed by atoms with van der Waals surface area (Å²) in [5.74, 6) is 0. The second-order valence-corrected chi connectivity index (χ2v) is 1.23. The molecule has 1 aromatic heterocycles. The van der Waals surface area contributed by atoms with Crippen molar-refractivity contribution in [1.29, 1.82) is 0 Å². The summed E-state index contributed by atoms with van der Waals surface area (Å²) in [7, 11) is 0. The molecule has 0 amide bonds. The van der Waals surface area contributed by atoms with Crippen LogP contribution in [0.5, 0.6) is 0 Å². The molecule has 0 spiro atoms. The van der Waals surface area contributed by atoms with Crippen molar-refractivity contribution in [2.24, 2.45) is 0 Å². The number of hydrogen-bond acceptors (Lipinski definition) is 1. The van der Waals surface area contributed by atoms with Gasteiger partial charge in [-0.2, -0.15) is 0 Å². The molecule has 0 aromatic carbocycles. The Morgan fingerprint density at radius 2 is 2.43 bits per heavy atom. The highest BCUT2D eigenvalue weighted by atomic mass is 14.8. The van der Waals surface area contributed by atoms with E-state index in [4.69, 9.17) is 0 Å². The second kappa shape index (κ2) is 2.39. The lowest BCUT2D eigenvalue weighted by Gasteiger charge is -1.67. The van der Waals surface area contributed by atoms with Gasteiger partial charge < -0.3 is 4.98 Å². The Morgan fingerprint density at radius 3 is 2.57 bits per heavy atom. The molecule has 1 rings (SSSR count). The summed E-state index contributed by atoms with van der Waals surface area (Å²) in [5, 5.41) is 0. The van der Waals surface area contributed by atoms with Crippen LogP contribution in [0.2, 0.25) is 0 Å². The molecular weight excluding hydrogens is 88.1 g/mol. The van der Waals surface area contributed by atoms with Crippen LogP contribution < -0.4 is 0 Å². The number of nitrogens with zero attached hydrogens (tertiary/aromatic N) is 1. The Labute approximate surface area is 43.6 Å². The number of hydrogen-bond donors (Lipinski definition) is 1. The first-order chi connectivity index (χ1) is 2.89. The average Bonchev–Trinajstić information content (AvgIpc) is 1.86. The minimum absolute atomic E-state index is 0. The van der Waals surface area contributed by atoms with E-state index in [0.717, 1.165) is 5.69 Å². The van der Waals surface area contributed by atoms with Crippen LogP contribution in [0.15, 0.2) is 12.5 Å². The lowest BCUT2D eigenvalue weighted by Crippen LogP contribution is -1.59. The van der Waals surface area contributed by atoms with E-state index in [1.165, 1.54) is 0 Å². The minimum atomic E-state index is 0. The Balaban J connectivity index is 0.000000360. The summed E-state index contributed by atoms with van der Waals surface area (Å²) in [6.07, 6.45) is 3.44. The van der Waals surface area contributed by atoms with E-state index in [1.807, 2.05) is 6.92 Å². The van der Waals surface area contributed by atoms with Crippen molar-refractivity contribution < 1.29 is 0 Å². The molecule has 0 unspecified atom stereocenters. The van der Waals surface area contributed by atoms with Gasteiger partial charge in [-0.1, -0.05) is 7.43 Å². The number of nitrogens with one attached hydrogen (secondary N) is 1. The van der Waals surface area contributed by atoms with Crippen molar-refractivity contribution in [3.8, 4) is 0 Å². The van der Waals surface area contributed by atoms with Gasteiger partial charge in [0.25, 0.3) is 0 Å². The number of aromatic nitrogens is 2. The highest BCUT2D eigenvalue weighted by Gasteiger charge is 1.73. The summed E-state index contributed by atoms with van der Waals surface area (Å²) in [4.78, 5) is 6.66. The third-order valence-corrected chi connectivity index (χ3v) is 0.635. The predicted octanol–water partition coefficient (Wildman–Crippen LogP) is 1.35. The molecule has 0 saturated carbocycles. The van der Waals surface area contributed by atoms with E-state index in [9.17, 15) is 0 Å². The van der Waals surface area contributed by atoms with Gasteiger partial charge in [0.15, 0.2) is 0 Å². The van der Waals surface area contributed by atoms with Gasteiger partial charge in [0, 0.05) is 11.9 Å². The summed E-state index contributed by atoms with van der Waals surface area (Å²) >= 11 is 0. The van der Waals surface area contributed by atoms with E-state index >= 15 is 0 Å². The fraction of sp³-hybridized carbons (Fsp3) is 0.400. The van der Waals surface area contributed by atoms with Gasteiger partial charge in [-0.25, -0.2) is 4.98 Å². The summed E-state index contributed by atoms with van der Waals surface area (Å²) < 4.78 is 0. The van der Waals surface area contributed by atoms with Crippen LogP contribution in [0.1, 0.15) is 13.1 Å². The van der Waals surface area contributed by atoms with Crippen LogP contribution in [-0.4, -0.2) is 9.97 Å². The molecule has 0 bridgehead atoms. The van der Waals surface area contributed by atoms with Crippen molar-refractivity contribution in [3.05, 3.63) is 18.2 Å². The van der Waals surface area contributed by atoms with Crippen LogP contribution in [0.25, 0.3) is 0 Å². The van der Waals surface area contributed by atoms with E-state index < -0.39 is 0 Å². The smallest absolute Gasteiger partial charge is 0.0921 e. The van der Waals surface area contributed by atoms with Crippen molar-refractivity contribution in [3.63, 3.8) is 0 Å². The molecule has 0 aliphatic rings. The maximum atomic E-state index is 3.77. The summed E-state index contributed by atoms with van der Waals surface area (Å²) in [5.41, 5.74) is 1.11. The first-order valence-corrected chi connectivity index (χ1v) is 1.84. The van der Waals surface area contributed by atoms with Gasteiger partial charge in [0.2, 0.25) is 0 Å². The van der Waals surface area contributed by atoms with Crippen LogP contribution >= 0.6 is 0 Å². The molecule has 0 radical (unpaired) electrons. The third-order valence-electron chi connectivity index (χ3n) is 0.635. The number of imidazole rings is 1. The van der Waals surface area contributed by atoms with Crippen LogP contribution in [0.3, 0.4) is 0 Å². The van der Waals surface area contributed by atoms with Gasteiger partial charge in [0.1, 0.15) is 0 Å². The first kappa shape index (κ1) is 6.21. The fourth-order valence-electron chi connectivity index (χ4n) is 0.325. The van der Waals surface area contributed by atoms with Crippen LogP contribution in [-0.2, 0) is 0 Å². The predicted molar refractivity (Wildman–Crippen MR) is 30.1 cm³/mol. The molecule has 0 fully saturated rings. The Kier molecular flexibility index (Phi) is 2.12. The molecule has 0 atom stereocenters. The van der Waals surface area contributed by atoms with Gasteiger partial charge in [-0.05, 0) is 6.92 Å². The number of aryl methyl sites for hydroxylation is 1. The molecule has 2 nitrogen and oxygen atoms in total. The molecule has 1 aromatic rings. The van der Waals surface area contributed by atoms with Gasteiger partial charge in [-0.3, -0.25) is 0 Å². The SMILES string of the molecule is C.Cc1cnc[nH]1. The molecular formula is C5H10N2. The number of rotatable bonds is 0. The van der Waals surface area contributed by atoms with Crippen molar-refractivity contribution >= 4 is 0 Å². The molecule has 2 heteroatoms. The molecule has 0 saturated heterocycles. The topological polar surface area (TPSA) is 28.7 Å². The zero-order chi connectivity index (χ0) is 4.41. The van der Waals surface area contributed by atoms with Crippen molar-refractivity contribution in [2.75, 3.05) is 0 Å². The Hall–Kier alpha value is -0.790. The standard InChI is InChI=1S/C4H6N2.CH4/c1-4-2-5-3-6-4;/h2-3H,1H3,(H,5,6);1H4. The average molecular weight is 98.1 g/mol. The lowest BCUT2D eigenvalue weighted by molar-refractivity contribution is 1.25. The number of H-pyrrole nitrogens is 1. The van der Waals surface area contributed by atoms with Gasteiger partial charge in [0.05, 0.1) is 6.33 Å².